The van der Waals surface area contributed by atoms with E-state index in [2.05, 4.69) is 20.7 Å². The fourth-order valence-electron chi connectivity index (χ4n) is 1.25. The molecule has 0 aliphatic carbocycles. The molecule has 1 aromatic heterocycles. The summed E-state index contributed by atoms with van der Waals surface area (Å²) in [6.45, 7) is 0. The zero-order valence-electron chi connectivity index (χ0n) is 10.6. The first-order valence-electron chi connectivity index (χ1n) is 5.60. The SMILES string of the molecule is Nc1nnc(SCC(=O)N/N=C\c2ccc(O)cc2O)s1. The Hall–Kier alpha value is -2.33. The number of nitrogens with zero attached hydrogens (tertiary/aromatic N) is 3. The van der Waals surface area contributed by atoms with E-state index >= 15 is 0 Å². The van der Waals surface area contributed by atoms with Gasteiger partial charge in [-0.3, -0.25) is 4.79 Å². The van der Waals surface area contributed by atoms with E-state index in [-0.39, 0.29) is 23.2 Å². The van der Waals surface area contributed by atoms with Gasteiger partial charge < -0.3 is 15.9 Å². The van der Waals surface area contributed by atoms with Crippen LogP contribution in [0.25, 0.3) is 0 Å². The molecule has 110 valence electrons. The van der Waals surface area contributed by atoms with Gasteiger partial charge in [-0.15, -0.1) is 10.2 Å². The zero-order chi connectivity index (χ0) is 15.2. The van der Waals surface area contributed by atoms with Gasteiger partial charge >= 0.3 is 0 Å². The number of hydrogen-bond acceptors (Lipinski definition) is 9. The quantitative estimate of drug-likeness (QED) is 0.362. The normalized spacial score (nSPS) is 10.9. The molecule has 21 heavy (non-hydrogen) atoms. The number of anilines is 1. The van der Waals surface area contributed by atoms with Crippen LogP contribution in [0.1, 0.15) is 5.56 Å². The predicted molar refractivity (Wildman–Crippen MR) is 80.6 cm³/mol. The first-order valence-corrected chi connectivity index (χ1v) is 7.40. The minimum Gasteiger partial charge on any atom is -0.508 e. The molecule has 0 unspecified atom stereocenters. The molecule has 0 aliphatic heterocycles. The molecule has 0 saturated heterocycles. The third-order valence-electron chi connectivity index (χ3n) is 2.16. The summed E-state index contributed by atoms with van der Waals surface area (Å²) < 4.78 is 0.600. The molecule has 5 N–H and O–H groups in total. The van der Waals surface area contributed by atoms with E-state index in [9.17, 15) is 9.90 Å². The van der Waals surface area contributed by atoms with E-state index in [0.717, 1.165) is 0 Å². The minimum absolute atomic E-state index is 0.0542. The van der Waals surface area contributed by atoms with Crippen molar-refractivity contribution in [3.05, 3.63) is 23.8 Å². The Labute approximate surface area is 127 Å². The number of benzene rings is 1. The molecule has 2 aromatic rings. The van der Waals surface area contributed by atoms with Crippen molar-refractivity contribution >= 4 is 40.4 Å². The standard InChI is InChI=1S/C11H11N5O3S2/c12-10-15-16-11(21-10)20-5-9(19)14-13-4-6-1-2-7(17)3-8(6)18/h1-4,17-18H,5H2,(H2,12,15)(H,14,19)/b13-4-. The van der Waals surface area contributed by atoms with Crippen LogP contribution in [0.2, 0.25) is 0 Å². The Balaban J connectivity index is 1.81. The third kappa shape index (κ3) is 4.61. The number of aromatic nitrogens is 2. The minimum atomic E-state index is -0.330. The molecule has 0 spiro atoms. The number of carbonyl (C=O) groups excluding carboxylic acids is 1. The molecule has 0 saturated carbocycles. The smallest absolute Gasteiger partial charge is 0.250 e. The van der Waals surface area contributed by atoms with Gasteiger partial charge in [-0.05, 0) is 12.1 Å². The van der Waals surface area contributed by atoms with E-state index in [1.54, 1.807) is 0 Å². The van der Waals surface area contributed by atoms with Crippen molar-refractivity contribution in [2.24, 2.45) is 5.10 Å². The fraction of sp³-hybridized carbons (Fsp3) is 0.0909. The number of thioether (sulfide) groups is 1. The number of rotatable bonds is 5. The Morgan fingerprint density at radius 3 is 2.95 bits per heavy atom. The van der Waals surface area contributed by atoms with Crippen LogP contribution in [0.3, 0.4) is 0 Å². The summed E-state index contributed by atoms with van der Waals surface area (Å²) in [5.74, 6) is -0.399. The summed E-state index contributed by atoms with van der Waals surface area (Å²) in [6, 6.07) is 4.05. The number of carbonyl (C=O) groups is 1. The molecule has 0 bridgehead atoms. The summed E-state index contributed by atoms with van der Waals surface area (Å²) in [5.41, 5.74) is 8.10. The van der Waals surface area contributed by atoms with Crippen LogP contribution in [-0.2, 0) is 4.79 Å². The van der Waals surface area contributed by atoms with Crippen LogP contribution in [0.5, 0.6) is 11.5 Å². The van der Waals surface area contributed by atoms with Crippen molar-refractivity contribution in [3.8, 4) is 11.5 Å². The first kappa shape index (κ1) is 15.1. The second kappa shape index (κ2) is 6.90. The van der Waals surface area contributed by atoms with Gasteiger partial charge in [0.1, 0.15) is 11.5 Å². The molecular formula is C11H11N5O3S2. The number of aromatic hydroxyl groups is 2. The predicted octanol–water partition coefficient (Wildman–Crippen LogP) is 0.774. The average Bonchev–Trinajstić information content (AvgIpc) is 2.85. The molecular weight excluding hydrogens is 314 g/mol. The summed E-state index contributed by atoms with van der Waals surface area (Å²) in [5, 5.41) is 30.1. The van der Waals surface area contributed by atoms with Crippen LogP contribution < -0.4 is 11.2 Å². The zero-order valence-corrected chi connectivity index (χ0v) is 12.2. The highest BCUT2D eigenvalue weighted by Crippen LogP contribution is 2.23. The Morgan fingerprint density at radius 1 is 1.48 bits per heavy atom. The molecule has 10 heteroatoms. The Kier molecular flexibility index (Phi) is 4.95. The van der Waals surface area contributed by atoms with Gasteiger partial charge in [0.2, 0.25) is 5.13 Å². The summed E-state index contributed by atoms with van der Waals surface area (Å²) >= 11 is 2.39. The van der Waals surface area contributed by atoms with Crippen LogP contribution in [0.4, 0.5) is 5.13 Å². The van der Waals surface area contributed by atoms with Gasteiger partial charge in [-0.1, -0.05) is 23.1 Å². The molecule has 0 aliphatic rings. The third-order valence-corrected chi connectivity index (χ3v) is 4.04. The number of nitrogens with one attached hydrogen (secondary N) is 1. The maximum absolute atomic E-state index is 11.5. The molecule has 1 aromatic carbocycles. The summed E-state index contributed by atoms with van der Waals surface area (Å²) in [4.78, 5) is 11.5. The number of hydrogen-bond donors (Lipinski definition) is 4. The highest BCUT2D eigenvalue weighted by molar-refractivity contribution is 8.01. The highest BCUT2D eigenvalue weighted by Gasteiger charge is 2.06. The largest absolute Gasteiger partial charge is 0.508 e. The van der Waals surface area contributed by atoms with Crippen LogP contribution in [0, 0.1) is 0 Å². The van der Waals surface area contributed by atoms with E-state index in [1.165, 1.54) is 47.5 Å². The number of nitrogens with two attached hydrogens (primary N) is 1. The lowest BCUT2D eigenvalue weighted by Crippen LogP contribution is -2.19. The van der Waals surface area contributed by atoms with Gasteiger partial charge in [-0.25, -0.2) is 5.43 Å². The fourth-order valence-corrected chi connectivity index (χ4v) is 2.68. The molecule has 0 radical (unpaired) electrons. The Morgan fingerprint density at radius 2 is 2.29 bits per heavy atom. The second-order valence-corrected chi connectivity index (χ2v) is 5.96. The topological polar surface area (TPSA) is 134 Å². The number of phenolic OH excluding ortho intramolecular Hbond substituents is 2. The molecule has 1 heterocycles. The molecule has 1 amide bonds. The lowest BCUT2D eigenvalue weighted by molar-refractivity contribution is -0.118. The van der Waals surface area contributed by atoms with Crippen LogP contribution >= 0.6 is 23.1 Å². The van der Waals surface area contributed by atoms with Crippen molar-refractivity contribution in [1.82, 2.24) is 15.6 Å². The molecule has 8 nitrogen and oxygen atoms in total. The van der Waals surface area contributed by atoms with Crippen LogP contribution in [-0.4, -0.2) is 38.3 Å². The number of nitrogen functional groups attached to an aromatic ring is 1. The van der Waals surface area contributed by atoms with E-state index in [1.807, 2.05) is 0 Å². The van der Waals surface area contributed by atoms with Crippen molar-refractivity contribution in [2.45, 2.75) is 4.34 Å². The van der Waals surface area contributed by atoms with E-state index < -0.39 is 0 Å². The number of phenols is 2. The number of amides is 1. The lowest BCUT2D eigenvalue weighted by Gasteiger charge is -2.00. The molecule has 0 atom stereocenters. The highest BCUT2D eigenvalue weighted by atomic mass is 32.2. The van der Waals surface area contributed by atoms with E-state index in [4.69, 9.17) is 10.8 Å². The monoisotopic (exact) mass is 325 g/mol. The second-order valence-electron chi connectivity index (χ2n) is 3.73. The van der Waals surface area contributed by atoms with Gasteiger partial charge in [0.25, 0.3) is 5.91 Å². The lowest BCUT2D eigenvalue weighted by atomic mass is 10.2. The summed E-state index contributed by atoms with van der Waals surface area (Å²) in [6.07, 6.45) is 1.28. The maximum Gasteiger partial charge on any atom is 0.250 e. The van der Waals surface area contributed by atoms with Crippen molar-refractivity contribution in [1.29, 1.82) is 0 Å². The van der Waals surface area contributed by atoms with E-state index in [0.29, 0.717) is 15.0 Å². The van der Waals surface area contributed by atoms with Crippen molar-refractivity contribution in [3.63, 3.8) is 0 Å². The van der Waals surface area contributed by atoms with Gasteiger partial charge in [0.05, 0.1) is 12.0 Å². The average molecular weight is 325 g/mol. The van der Waals surface area contributed by atoms with Gasteiger partial charge in [0.15, 0.2) is 4.34 Å². The van der Waals surface area contributed by atoms with Crippen molar-refractivity contribution < 1.29 is 15.0 Å². The Bertz CT molecular complexity index is 674. The molecule has 0 fully saturated rings. The molecule has 2 rings (SSSR count). The first-order chi connectivity index (χ1) is 10.0. The van der Waals surface area contributed by atoms with Gasteiger partial charge in [0, 0.05) is 11.6 Å². The maximum atomic E-state index is 11.5. The van der Waals surface area contributed by atoms with Crippen molar-refractivity contribution in [2.75, 3.05) is 11.5 Å². The summed E-state index contributed by atoms with van der Waals surface area (Å²) in [7, 11) is 0. The number of hydrazone groups is 1. The van der Waals surface area contributed by atoms with Crippen LogP contribution in [0.15, 0.2) is 27.6 Å². The van der Waals surface area contributed by atoms with Gasteiger partial charge in [-0.2, -0.15) is 5.10 Å².